The summed E-state index contributed by atoms with van der Waals surface area (Å²) in [5.41, 5.74) is 1.56. The summed E-state index contributed by atoms with van der Waals surface area (Å²) in [6, 6.07) is 7.81. The van der Waals surface area contributed by atoms with Gasteiger partial charge in [-0.05, 0) is 48.9 Å². The molecule has 1 unspecified atom stereocenters. The average molecular weight is 318 g/mol. The molecule has 4 nitrogen and oxygen atoms in total. The number of hydrogen-bond donors (Lipinski definition) is 1. The zero-order valence-electron chi connectivity index (χ0n) is 12.5. The van der Waals surface area contributed by atoms with Crippen molar-refractivity contribution in [1.29, 1.82) is 0 Å². The molecule has 1 aromatic heterocycles. The molecule has 1 aromatic carbocycles. The van der Waals surface area contributed by atoms with Crippen molar-refractivity contribution in [2.75, 3.05) is 13.1 Å². The summed E-state index contributed by atoms with van der Waals surface area (Å²) in [5, 5.41) is 8.41. The lowest BCUT2D eigenvalue weighted by Crippen LogP contribution is -2.47. The normalized spacial score (nSPS) is 23.4. The van der Waals surface area contributed by atoms with E-state index in [9.17, 15) is 0 Å². The number of piperidine rings is 1. The van der Waals surface area contributed by atoms with Crippen molar-refractivity contribution in [3.8, 4) is 0 Å². The van der Waals surface area contributed by atoms with Crippen LogP contribution in [-0.2, 0) is 6.42 Å². The van der Waals surface area contributed by atoms with Crippen LogP contribution in [0.1, 0.15) is 48.9 Å². The Labute approximate surface area is 135 Å². The molecule has 0 bridgehead atoms. The maximum Gasteiger partial charge on any atom is 0.231 e. The van der Waals surface area contributed by atoms with Gasteiger partial charge < -0.3 is 9.84 Å². The first-order valence-electron chi connectivity index (χ1n) is 8.03. The largest absolute Gasteiger partial charge is 0.339 e. The highest BCUT2D eigenvalue weighted by Crippen LogP contribution is 2.54. The molecule has 2 aliphatic rings. The van der Waals surface area contributed by atoms with Crippen LogP contribution >= 0.6 is 11.6 Å². The lowest BCUT2D eigenvalue weighted by atomic mass is 9.58. The Morgan fingerprint density at radius 1 is 1.23 bits per heavy atom. The average Bonchev–Trinajstić information content (AvgIpc) is 2.96. The molecule has 1 atom stereocenters. The van der Waals surface area contributed by atoms with E-state index in [1.165, 1.54) is 25.7 Å². The van der Waals surface area contributed by atoms with Gasteiger partial charge in [-0.3, -0.25) is 0 Å². The van der Waals surface area contributed by atoms with Crippen LogP contribution in [0.4, 0.5) is 0 Å². The van der Waals surface area contributed by atoms with Gasteiger partial charge in [-0.15, -0.1) is 0 Å². The molecular formula is C17H20ClN3O. The Morgan fingerprint density at radius 2 is 2.05 bits per heavy atom. The molecule has 1 saturated carbocycles. The third-order valence-corrected chi connectivity index (χ3v) is 5.55. The van der Waals surface area contributed by atoms with Crippen molar-refractivity contribution >= 4 is 11.6 Å². The van der Waals surface area contributed by atoms with Gasteiger partial charge in [0.2, 0.25) is 5.89 Å². The third-order valence-electron chi connectivity index (χ3n) is 5.29. The van der Waals surface area contributed by atoms with Gasteiger partial charge in [-0.1, -0.05) is 35.3 Å². The summed E-state index contributed by atoms with van der Waals surface area (Å²) >= 11 is 5.92. The summed E-state index contributed by atoms with van der Waals surface area (Å²) < 4.78 is 5.60. The topological polar surface area (TPSA) is 51.0 Å². The number of benzene rings is 1. The Hall–Kier alpha value is -1.39. The van der Waals surface area contributed by atoms with Gasteiger partial charge in [0.05, 0.1) is 5.92 Å². The van der Waals surface area contributed by atoms with Gasteiger partial charge in [0.25, 0.3) is 0 Å². The molecule has 1 saturated heterocycles. The summed E-state index contributed by atoms with van der Waals surface area (Å²) in [4.78, 5) is 4.68. The van der Waals surface area contributed by atoms with Gasteiger partial charge in [0, 0.05) is 18.0 Å². The van der Waals surface area contributed by atoms with E-state index in [-0.39, 0.29) is 0 Å². The molecular weight excluding hydrogens is 298 g/mol. The number of halogens is 1. The van der Waals surface area contributed by atoms with E-state index in [0.717, 1.165) is 35.4 Å². The first-order valence-corrected chi connectivity index (χ1v) is 8.41. The summed E-state index contributed by atoms with van der Waals surface area (Å²) in [6.45, 7) is 2.07. The van der Waals surface area contributed by atoms with E-state index in [1.54, 1.807) is 0 Å². The van der Waals surface area contributed by atoms with Crippen LogP contribution in [0.25, 0.3) is 0 Å². The quantitative estimate of drug-likeness (QED) is 0.940. The minimum absolute atomic E-state index is 0.376. The first kappa shape index (κ1) is 14.2. The fourth-order valence-corrected chi connectivity index (χ4v) is 3.94. The second-order valence-corrected chi connectivity index (χ2v) is 7.01. The summed E-state index contributed by atoms with van der Waals surface area (Å²) in [5.74, 6) is 1.95. The first-order chi connectivity index (χ1) is 10.8. The van der Waals surface area contributed by atoms with Gasteiger partial charge >= 0.3 is 0 Å². The summed E-state index contributed by atoms with van der Waals surface area (Å²) in [6.07, 6.45) is 5.85. The molecule has 4 rings (SSSR count). The lowest BCUT2D eigenvalue weighted by Gasteiger charge is -2.49. The van der Waals surface area contributed by atoms with E-state index in [1.807, 2.05) is 24.3 Å². The molecule has 2 fully saturated rings. The molecule has 2 aromatic rings. The highest BCUT2D eigenvalue weighted by atomic mass is 35.5. The van der Waals surface area contributed by atoms with Crippen LogP contribution < -0.4 is 5.32 Å². The van der Waals surface area contributed by atoms with Crippen molar-refractivity contribution < 1.29 is 4.52 Å². The lowest BCUT2D eigenvalue weighted by molar-refractivity contribution is 0.0430. The smallest absolute Gasteiger partial charge is 0.231 e. The minimum Gasteiger partial charge on any atom is -0.339 e. The van der Waals surface area contributed by atoms with Crippen LogP contribution in [-0.4, -0.2) is 23.2 Å². The van der Waals surface area contributed by atoms with Crippen molar-refractivity contribution in [2.24, 2.45) is 5.41 Å². The van der Waals surface area contributed by atoms with E-state index < -0.39 is 0 Å². The van der Waals surface area contributed by atoms with Crippen molar-refractivity contribution in [1.82, 2.24) is 15.5 Å². The molecule has 22 heavy (non-hydrogen) atoms. The van der Waals surface area contributed by atoms with E-state index in [4.69, 9.17) is 16.1 Å². The zero-order valence-corrected chi connectivity index (χ0v) is 13.3. The monoisotopic (exact) mass is 317 g/mol. The molecule has 1 spiro atoms. The third kappa shape index (κ3) is 2.55. The maximum absolute atomic E-state index is 5.92. The maximum atomic E-state index is 5.92. The molecule has 0 radical (unpaired) electrons. The molecule has 1 N–H and O–H groups in total. The molecule has 0 amide bonds. The van der Waals surface area contributed by atoms with Crippen LogP contribution in [0.15, 0.2) is 28.8 Å². The van der Waals surface area contributed by atoms with Crippen LogP contribution in [0.5, 0.6) is 0 Å². The number of aromatic nitrogens is 2. The fourth-order valence-electron chi connectivity index (χ4n) is 3.82. The van der Waals surface area contributed by atoms with Crippen LogP contribution in [0.2, 0.25) is 5.02 Å². The van der Waals surface area contributed by atoms with Crippen molar-refractivity contribution in [2.45, 2.75) is 38.0 Å². The fraction of sp³-hybridized carbons (Fsp3) is 0.529. The Balaban J connectivity index is 1.52. The van der Waals surface area contributed by atoms with Gasteiger partial charge in [-0.2, -0.15) is 4.98 Å². The molecule has 116 valence electrons. The predicted octanol–water partition coefficient (Wildman–Crippen LogP) is 3.56. The highest BCUT2D eigenvalue weighted by Gasteiger charge is 2.48. The highest BCUT2D eigenvalue weighted by molar-refractivity contribution is 6.30. The zero-order chi connectivity index (χ0) is 15.0. The number of rotatable bonds is 3. The Morgan fingerprint density at radius 3 is 2.77 bits per heavy atom. The van der Waals surface area contributed by atoms with Crippen molar-refractivity contribution in [3.05, 3.63) is 46.6 Å². The minimum atomic E-state index is 0.376. The van der Waals surface area contributed by atoms with Gasteiger partial charge in [0.15, 0.2) is 5.82 Å². The number of nitrogens with zero attached hydrogens (tertiary/aromatic N) is 2. The van der Waals surface area contributed by atoms with Gasteiger partial charge in [0.1, 0.15) is 0 Å². The SMILES string of the molecule is Clc1ccc(Cc2noc(C3CNCCC34CCC4)n2)cc1. The number of nitrogens with one attached hydrogen (secondary N) is 1. The summed E-state index contributed by atoms with van der Waals surface area (Å²) in [7, 11) is 0. The van der Waals surface area contributed by atoms with Crippen molar-refractivity contribution in [3.63, 3.8) is 0 Å². The van der Waals surface area contributed by atoms with Crippen LogP contribution in [0, 0.1) is 5.41 Å². The molecule has 1 aliphatic carbocycles. The van der Waals surface area contributed by atoms with Gasteiger partial charge in [-0.25, -0.2) is 0 Å². The van der Waals surface area contributed by atoms with E-state index >= 15 is 0 Å². The molecule has 2 heterocycles. The Kier molecular flexibility index (Phi) is 3.66. The van der Waals surface area contributed by atoms with Crippen LogP contribution in [0.3, 0.4) is 0 Å². The number of hydrogen-bond acceptors (Lipinski definition) is 4. The predicted molar refractivity (Wildman–Crippen MR) is 85.1 cm³/mol. The second kappa shape index (κ2) is 5.67. The van der Waals surface area contributed by atoms with E-state index in [0.29, 0.717) is 17.8 Å². The Bertz CT molecular complexity index is 648. The van der Waals surface area contributed by atoms with E-state index in [2.05, 4.69) is 15.5 Å². The standard InChI is InChI=1S/C17H20ClN3O/c18-13-4-2-12(3-5-13)10-15-20-16(22-21-15)14-11-19-9-8-17(14)6-1-7-17/h2-5,14,19H,1,6-11H2. The molecule has 5 heteroatoms. The second-order valence-electron chi connectivity index (χ2n) is 6.57. The molecule has 1 aliphatic heterocycles.